The predicted molar refractivity (Wildman–Crippen MR) is 121 cm³/mol. The minimum absolute atomic E-state index is 0.158. The summed E-state index contributed by atoms with van der Waals surface area (Å²) in [5, 5.41) is 7.87. The number of ether oxygens (including phenoxy) is 1. The second-order valence-corrected chi connectivity index (χ2v) is 8.39. The van der Waals surface area contributed by atoms with Gasteiger partial charge in [0.1, 0.15) is 5.76 Å². The second-order valence-electron chi connectivity index (χ2n) is 7.77. The lowest BCUT2D eigenvalue weighted by molar-refractivity contribution is -0.303. The molecule has 2 aliphatic rings. The van der Waals surface area contributed by atoms with E-state index in [1.165, 1.54) is 6.08 Å². The highest BCUT2D eigenvalue weighted by molar-refractivity contribution is 7.23. The molecule has 6 nitrogen and oxygen atoms in total. The van der Waals surface area contributed by atoms with Gasteiger partial charge in [-0.1, -0.05) is 24.6 Å². The zero-order valence-corrected chi connectivity index (χ0v) is 19.1. The van der Waals surface area contributed by atoms with Crippen molar-refractivity contribution in [3.05, 3.63) is 58.4 Å². The summed E-state index contributed by atoms with van der Waals surface area (Å²) in [5.74, 6) is 0.151. The summed E-state index contributed by atoms with van der Waals surface area (Å²) in [6, 6.07) is 1.81. The SMILES string of the molecule is CC1CNCC(=O)C/C1=C/C=NCc1cc(C2=CC(OC(F)(F)F)=C(P)C=CC2)n(C)n1. The number of aliphatic imine (C=N–C) groups is 1. The van der Waals surface area contributed by atoms with E-state index < -0.39 is 6.36 Å². The maximum atomic E-state index is 12.8. The highest BCUT2D eigenvalue weighted by Gasteiger charge is 2.32. The van der Waals surface area contributed by atoms with Gasteiger partial charge in [-0.05, 0) is 36.1 Å². The van der Waals surface area contributed by atoms with Crippen molar-refractivity contribution in [2.75, 3.05) is 13.1 Å². The zero-order valence-electron chi connectivity index (χ0n) is 17.9. The molecule has 2 atom stereocenters. The molecule has 1 fully saturated rings. The number of hydrogen-bond acceptors (Lipinski definition) is 5. The maximum Gasteiger partial charge on any atom is 0.573 e. The van der Waals surface area contributed by atoms with Gasteiger partial charge in [0.2, 0.25) is 0 Å². The number of carbonyl (C=O) groups is 1. The molecule has 2 heterocycles. The highest BCUT2D eigenvalue weighted by atomic mass is 31.0. The largest absolute Gasteiger partial charge is 0.573 e. The molecule has 1 saturated heterocycles. The van der Waals surface area contributed by atoms with Crippen LogP contribution in [-0.4, -0.2) is 41.2 Å². The monoisotopic (exact) mass is 466 g/mol. The smallest absolute Gasteiger partial charge is 0.405 e. The molecule has 0 radical (unpaired) electrons. The van der Waals surface area contributed by atoms with Crippen molar-refractivity contribution in [3.8, 4) is 0 Å². The predicted octanol–water partition coefficient (Wildman–Crippen LogP) is 4.08. The van der Waals surface area contributed by atoms with Crippen LogP contribution in [0.2, 0.25) is 0 Å². The van der Waals surface area contributed by atoms with Gasteiger partial charge < -0.3 is 10.1 Å². The standard InChI is InChI=1S/C22H26F3N4O2P/c1-14-11-27-13-18(30)8-15(14)6-7-26-12-17-10-19(29(2)28-17)16-4-3-5-21(32)20(9-16)31-22(23,24)25/h3,5-7,9-10,14,27H,4,8,11-13,32H2,1-2H3/b15-6-,26-7?. The Balaban J connectivity index is 1.74. The second kappa shape index (κ2) is 10.4. The van der Waals surface area contributed by atoms with E-state index >= 15 is 0 Å². The summed E-state index contributed by atoms with van der Waals surface area (Å²) in [4.78, 5) is 16.2. The molecule has 1 aromatic heterocycles. The maximum absolute atomic E-state index is 12.8. The van der Waals surface area contributed by atoms with Gasteiger partial charge in [-0.2, -0.15) is 5.10 Å². The first kappa shape index (κ1) is 24.1. The molecule has 32 heavy (non-hydrogen) atoms. The highest BCUT2D eigenvalue weighted by Crippen LogP contribution is 2.32. The van der Waals surface area contributed by atoms with Crippen molar-refractivity contribution in [3.63, 3.8) is 0 Å². The molecular weight excluding hydrogens is 440 g/mol. The van der Waals surface area contributed by atoms with Crippen LogP contribution in [0.4, 0.5) is 13.2 Å². The third kappa shape index (κ3) is 6.74. The summed E-state index contributed by atoms with van der Waals surface area (Å²) in [6.07, 6.45) is 4.41. The van der Waals surface area contributed by atoms with E-state index in [-0.39, 0.29) is 17.5 Å². The van der Waals surface area contributed by atoms with Crippen LogP contribution >= 0.6 is 9.24 Å². The third-order valence-corrected chi connectivity index (χ3v) is 5.64. The minimum atomic E-state index is -4.77. The Bertz CT molecular complexity index is 1020. The van der Waals surface area contributed by atoms with Crippen LogP contribution in [0.15, 0.2) is 52.0 Å². The van der Waals surface area contributed by atoms with Crippen molar-refractivity contribution in [2.24, 2.45) is 18.0 Å². The Kier molecular flexibility index (Phi) is 7.85. The number of alkyl halides is 3. The van der Waals surface area contributed by atoms with Gasteiger partial charge in [-0.3, -0.25) is 14.5 Å². The first-order valence-corrected chi connectivity index (χ1v) is 10.8. The van der Waals surface area contributed by atoms with Crippen molar-refractivity contribution in [1.29, 1.82) is 0 Å². The summed E-state index contributed by atoms with van der Waals surface area (Å²) in [7, 11) is 4.00. The molecule has 3 rings (SSSR count). The summed E-state index contributed by atoms with van der Waals surface area (Å²) in [6.45, 7) is 3.53. The molecule has 1 aliphatic carbocycles. The molecule has 0 aromatic carbocycles. The molecule has 1 N–H and O–H groups in total. The van der Waals surface area contributed by atoms with Gasteiger partial charge in [0.05, 0.1) is 24.5 Å². The third-order valence-electron chi connectivity index (χ3n) is 5.16. The fraction of sp³-hybridized carbons (Fsp3) is 0.409. The number of aromatic nitrogens is 2. The molecular formula is C22H26F3N4O2P. The number of hydrogen-bond donors (Lipinski definition) is 1. The van der Waals surface area contributed by atoms with E-state index in [4.69, 9.17) is 0 Å². The Labute approximate surface area is 187 Å². The van der Waals surface area contributed by atoms with Crippen molar-refractivity contribution in [1.82, 2.24) is 15.1 Å². The molecule has 1 aromatic rings. The van der Waals surface area contributed by atoms with Gasteiger partial charge >= 0.3 is 6.36 Å². The van der Waals surface area contributed by atoms with Crippen LogP contribution in [0.1, 0.15) is 31.2 Å². The number of nitrogens with one attached hydrogen (secondary N) is 1. The van der Waals surface area contributed by atoms with Gasteiger partial charge in [0.25, 0.3) is 0 Å². The fourth-order valence-corrected chi connectivity index (χ4v) is 3.81. The summed E-state index contributed by atoms with van der Waals surface area (Å²) >= 11 is 0. The van der Waals surface area contributed by atoms with Gasteiger partial charge in [-0.15, -0.1) is 22.4 Å². The molecule has 1 aliphatic heterocycles. The average molecular weight is 466 g/mol. The van der Waals surface area contributed by atoms with Crippen LogP contribution in [0.3, 0.4) is 0 Å². The topological polar surface area (TPSA) is 68.5 Å². The van der Waals surface area contributed by atoms with E-state index in [0.29, 0.717) is 48.2 Å². The quantitative estimate of drug-likeness (QED) is 0.525. The van der Waals surface area contributed by atoms with Crippen molar-refractivity contribution in [2.45, 2.75) is 32.7 Å². The lowest BCUT2D eigenvalue weighted by Crippen LogP contribution is -2.22. The number of carbonyl (C=O) groups excluding carboxylic acids is 1. The van der Waals surface area contributed by atoms with Crippen LogP contribution in [0, 0.1) is 5.92 Å². The number of Topliss-reactive ketones (excluding diaryl/α,β-unsaturated/α-hetero) is 1. The van der Waals surface area contributed by atoms with Crippen LogP contribution < -0.4 is 5.32 Å². The van der Waals surface area contributed by atoms with Crippen LogP contribution in [-0.2, 0) is 23.1 Å². The molecule has 172 valence electrons. The fourth-order valence-electron chi connectivity index (χ4n) is 3.53. The van der Waals surface area contributed by atoms with Gasteiger partial charge in [0, 0.05) is 31.5 Å². The molecule has 0 saturated carbocycles. The van der Waals surface area contributed by atoms with Gasteiger partial charge in [0.15, 0.2) is 5.78 Å². The van der Waals surface area contributed by atoms with E-state index in [2.05, 4.69) is 36.3 Å². The summed E-state index contributed by atoms with van der Waals surface area (Å²) in [5.41, 5.74) is 3.07. The number of aryl methyl sites for hydroxylation is 1. The molecule has 0 bridgehead atoms. The van der Waals surface area contributed by atoms with E-state index in [1.807, 2.05) is 12.1 Å². The molecule has 0 spiro atoms. The molecule has 10 heteroatoms. The summed E-state index contributed by atoms with van der Waals surface area (Å²) < 4.78 is 44.1. The van der Waals surface area contributed by atoms with Gasteiger partial charge in [-0.25, -0.2) is 0 Å². The number of nitrogens with zero attached hydrogens (tertiary/aromatic N) is 3. The Morgan fingerprint density at radius 2 is 2.22 bits per heavy atom. The van der Waals surface area contributed by atoms with Crippen molar-refractivity contribution < 1.29 is 22.7 Å². The number of halogens is 3. The molecule has 2 unspecified atom stereocenters. The Hall–Kier alpha value is -2.51. The first-order chi connectivity index (χ1) is 15.1. The number of ketones is 1. The Morgan fingerprint density at radius 3 is 2.97 bits per heavy atom. The number of rotatable bonds is 5. The van der Waals surface area contributed by atoms with E-state index in [0.717, 1.165) is 12.1 Å². The van der Waals surface area contributed by atoms with Crippen LogP contribution in [0.5, 0.6) is 0 Å². The average Bonchev–Trinajstić information content (AvgIpc) is 2.87. The van der Waals surface area contributed by atoms with Crippen LogP contribution in [0.25, 0.3) is 5.57 Å². The minimum Gasteiger partial charge on any atom is -0.405 e. The zero-order chi connectivity index (χ0) is 23.3. The number of allylic oxidation sites excluding steroid dienone is 6. The van der Waals surface area contributed by atoms with E-state index in [9.17, 15) is 18.0 Å². The first-order valence-electron chi connectivity index (χ1n) is 10.2. The lowest BCUT2D eigenvalue weighted by Gasteiger charge is -2.12. The normalized spacial score (nSPS) is 21.8. The molecule has 0 amide bonds. The Morgan fingerprint density at radius 1 is 1.44 bits per heavy atom. The lowest BCUT2D eigenvalue weighted by atomic mass is 9.98. The van der Waals surface area contributed by atoms with Crippen molar-refractivity contribution >= 4 is 26.8 Å². The van der Waals surface area contributed by atoms with E-state index in [1.54, 1.807) is 30.1 Å².